The molecule has 0 saturated carbocycles. The number of hydrogen-bond donors (Lipinski definition) is 2. The fraction of sp³-hybridized carbons (Fsp3) is 0.500. The number of nitrogens with one attached hydrogen (secondary N) is 1. The molecule has 2 atom stereocenters. The molecule has 0 aliphatic rings. The molecule has 1 aromatic rings. The van der Waals surface area contributed by atoms with Gasteiger partial charge in [-0.1, -0.05) is 25.1 Å². The van der Waals surface area contributed by atoms with Crippen LogP contribution in [0.5, 0.6) is 5.75 Å². The first kappa shape index (κ1) is 12.4. The highest BCUT2D eigenvalue weighted by Crippen LogP contribution is 2.23. The van der Waals surface area contributed by atoms with E-state index in [0.29, 0.717) is 11.0 Å². The molecule has 0 saturated heterocycles. The molecule has 0 heterocycles. The van der Waals surface area contributed by atoms with Gasteiger partial charge < -0.3 is 10.4 Å². The zero-order chi connectivity index (χ0) is 11.3. The Balaban J connectivity index is 2.54. The molecule has 1 rings (SSSR count). The van der Waals surface area contributed by atoms with Crippen molar-refractivity contribution in [3.8, 4) is 5.75 Å². The quantitative estimate of drug-likeness (QED) is 0.808. The van der Waals surface area contributed by atoms with Gasteiger partial charge in [0.05, 0.1) is 0 Å². The SMILES string of the molecule is CSC(C)CNC(C)c1ccccc1O. The fourth-order valence-corrected chi connectivity index (χ4v) is 1.65. The third-order valence-corrected chi connectivity index (χ3v) is 3.49. The van der Waals surface area contributed by atoms with Crippen molar-refractivity contribution in [1.29, 1.82) is 0 Å². The Hall–Kier alpha value is -0.670. The van der Waals surface area contributed by atoms with Crippen LogP contribution in [0.2, 0.25) is 0 Å². The minimum absolute atomic E-state index is 0.195. The van der Waals surface area contributed by atoms with Crippen molar-refractivity contribution in [1.82, 2.24) is 5.32 Å². The average molecular weight is 225 g/mol. The first-order valence-corrected chi connectivity index (χ1v) is 6.48. The van der Waals surface area contributed by atoms with Crippen LogP contribution in [0.3, 0.4) is 0 Å². The van der Waals surface area contributed by atoms with Crippen molar-refractivity contribution in [2.24, 2.45) is 0 Å². The van der Waals surface area contributed by atoms with Crippen LogP contribution in [0.25, 0.3) is 0 Å². The third-order valence-electron chi connectivity index (χ3n) is 2.52. The number of phenols is 1. The molecule has 2 unspecified atom stereocenters. The van der Waals surface area contributed by atoms with Crippen molar-refractivity contribution in [2.45, 2.75) is 25.1 Å². The van der Waals surface area contributed by atoms with E-state index in [0.717, 1.165) is 12.1 Å². The molecule has 0 spiro atoms. The Labute approximate surface area is 96.1 Å². The van der Waals surface area contributed by atoms with E-state index in [-0.39, 0.29) is 6.04 Å². The molecule has 0 bridgehead atoms. The summed E-state index contributed by atoms with van der Waals surface area (Å²) in [5.41, 5.74) is 0.964. The number of thioether (sulfide) groups is 1. The summed E-state index contributed by atoms with van der Waals surface area (Å²) >= 11 is 1.84. The number of phenolic OH excluding ortho intramolecular Hbond substituents is 1. The molecule has 0 aliphatic carbocycles. The van der Waals surface area contributed by atoms with Crippen molar-refractivity contribution in [3.63, 3.8) is 0 Å². The minimum Gasteiger partial charge on any atom is -0.508 e. The average Bonchev–Trinajstić information content (AvgIpc) is 2.26. The molecule has 15 heavy (non-hydrogen) atoms. The fourth-order valence-electron chi connectivity index (χ4n) is 1.39. The van der Waals surface area contributed by atoms with E-state index in [1.807, 2.05) is 30.0 Å². The summed E-state index contributed by atoms with van der Waals surface area (Å²) in [7, 11) is 0. The van der Waals surface area contributed by atoms with Crippen LogP contribution < -0.4 is 5.32 Å². The van der Waals surface area contributed by atoms with E-state index >= 15 is 0 Å². The highest BCUT2D eigenvalue weighted by Gasteiger charge is 2.09. The van der Waals surface area contributed by atoms with E-state index in [1.54, 1.807) is 6.07 Å². The van der Waals surface area contributed by atoms with Gasteiger partial charge in [-0.15, -0.1) is 0 Å². The molecule has 0 amide bonds. The molecule has 0 aliphatic heterocycles. The second kappa shape index (κ2) is 6.03. The number of rotatable bonds is 5. The van der Waals surface area contributed by atoms with Gasteiger partial charge in [-0.2, -0.15) is 11.8 Å². The van der Waals surface area contributed by atoms with Crippen LogP contribution in [0.1, 0.15) is 25.5 Å². The third kappa shape index (κ3) is 3.76. The summed E-state index contributed by atoms with van der Waals surface area (Å²) in [6, 6.07) is 7.67. The molecule has 0 radical (unpaired) electrons. The molecule has 84 valence electrons. The maximum Gasteiger partial charge on any atom is 0.120 e. The van der Waals surface area contributed by atoms with Gasteiger partial charge in [-0.05, 0) is 19.2 Å². The van der Waals surface area contributed by atoms with Crippen LogP contribution in [-0.4, -0.2) is 23.2 Å². The number of hydrogen-bond acceptors (Lipinski definition) is 3. The van der Waals surface area contributed by atoms with Crippen LogP contribution in [-0.2, 0) is 0 Å². The predicted octanol–water partition coefficient (Wildman–Crippen LogP) is 2.79. The van der Waals surface area contributed by atoms with Crippen molar-refractivity contribution in [2.75, 3.05) is 12.8 Å². The van der Waals surface area contributed by atoms with Gasteiger partial charge in [0.1, 0.15) is 5.75 Å². The van der Waals surface area contributed by atoms with Gasteiger partial charge in [0.2, 0.25) is 0 Å². The summed E-state index contributed by atoms with van der Waals surface area (Å²) in [5.74, 6) is 0.370. The van der Waals surface area contributed by atoms with Gasteiger partial charge in [-0.25, -0.2) is 0 Å². The molecular weight excluding hydrogens is 206 g/mol. The maximum atomic E-state index is 9.66. The Kier molecular flexibility index (Phi) is 4.99. The van der Waals surface area contributed by atoms with E-state index in [1.165, 1.54) is 0 Å². The first-order chi connectivity index (χ1) is 7.15. The second-order valence-corrected chi connectivity index (χ2v) is 5.01. The van der Waals surface area contributed by atoms with Crippen molar-refractivity contribution < 1.29 is 5.11 Å². The number of para-hydroxylation sites is 1. The highest BCUT2D eigenvalue weighted by molar-refractivity contribution is 7.99. The largest absolute Gasteiger partial charge is 0.508 e. The van der Waals surface area contributed by atoms with Gasteiger partial charge >= 0.3 is 0 Å². The smallest absolute Gasteiger partial charge is 0.120 e. The lowest BCUT2D eigenvalue weighted by Gasteiger charge is -2.17. The van der Waals surface area contributed by atoms with Gasteiger partial charge in [0, 0.05) is 23.4 Å². The summed E-state index contributed by atoms with van der Waals surface area (Å²) in [6.45, 7) is 5.22. The van der Waals surface area contributed by atoms with E-state index in [2.05, 4.69) is 25.4 Å². The summed E-state index contributed by atoms with van der Waals surface area (Å²) in [5, 5.41) is 13.7. The Morgan fingerprint density at radius 3 is 2.60 bits per heavy atom. The first-order valence-electron chi connectivity index (χ1n) is 5.19. The van der Waals surface area contributed by atoms with E-state index in [4.69, 9.17) is 0 Å². The van der Waals surface area contributed by atoms with E-state index < -0.39 is 0 Å². The molecule has 1 aromatic carbocycles. The molecule has 2 N–H and O–H groups in total. The maximum absolute atomic E-state index is 9.66. The predicted molar refractivity (Wildman–Crippen MR) is 67.5 cm³/mol. The van der Waals surface area contributed by atoms with E-state index in [9.17, 15) is 5.11 Å². The number of aromatic hydroxyl groups is 1. The van der Waals surface area contributed by atoms with Crippen LogP contribution in [0.4, 0.5) is 0 Å². The molecule has 0 aromatic heterocycles. The lowest BCUT2D eigenvalue weighted by atomic mass is 10.1. The zero-order valence-electron chi connectivity index (χ0n) is 9.53. The Morgan fingerprint density at radius 1 is 1.33 bits per heavy atom. The van der Waals surface area contributed by atoms with Crippen molar-refractivity contribution >= 4 is 11.8 Å². The highest BCUT2D eigenvalue weighted by atomic mass is 32.2. The second-order valence-electron chi connectivity index (χ2n) is 3.74. The lowest BCUT2D eigenvalue weighted by Crippen LogP contribution is -2.25. The van der Waals surface area contributed by atoms with Gasteiger partial charge in [0.15, 0.2) is 0 Å². The van der Waals surface area contributed by atoms with Crippen molar-refractivity contribution in [3.05, 3.63) is 29.8 Å². The van der Waals surface area contributed by atoms with Crippen LogP contribution in [0, 0.1) is 0 Å². The molecule has 3 heteroatoms. The van der Waals surface area contributed by atoms with Gasteiger partial charge in [-0.3, -0.25) is 0 Å². The summed E-state index contributed by atoms with van der Waals surface area (Å²) in [6.07, 6.45) is 2.11. The Morgan fingerprint density at radius 2 is 2.00 bits per heavy atom. The lowest BCUT2D eigenvalue weighted by molar-refractivity contribution is 0.453. The summed E-state index contributed by atoms with van der Waals surface area (Å²) < 4.78 is 0. The topological polar surface area (TPSA) is 32.3 Å². The number of benzene rings is 1. The van der Waals surface area contributed by atoms with Crippen LogP contribution in [0.15, 0.2) is 24.3 Å². The molecular formula is C12H19NOS. The van der Waals surface area contributed by atoms with Crippen LogP contribution >= 0.6 is 11.8 Å². The molecule has 0 fully saturated rings. The summed E-state index contributed by atoms with van der Waals surface area (Å²) in [4.78, 5) is 0. The monoisotopic (exact) mass is 225 g/mol. The Bertz CT molecular complexity index is 303. The zero-order valence-corrected chi connectivity index (χ0v) is 10.3. The minimum atomic E-state index is 0.195. The van der Waals surface area contributed by atoms with Gasteiger partial charge in [0.25, 0.3) is 0 Å². The normalized spacial score (nSPS) is 14.9. The standard InChI is InChI=1S/C12H19NOS/c1-9(15-3)8-13-10(2)11-6-4-5-7-12(11)14/h4-7,9-10,13-14H,8H2,1-3H3. The molecule has 2 nitrogen and oxygen atoms in total.